The van der Waals surface area contributed by atoms with E-state index in [1.807, 2.05) is 0 Å². The molecule has 0 aliphatic carbocycles. The van der Waals surface area contributed by atoms with Crippen LogP contribution in [0.25, 0.3) is 0 Å². The lowest BCUT2D eigenvalue weighted by molar-refractivity contribution is -0.149. The molecular weight excluding hydrogens is 386 g/mol. The Kier molecular flexibility index (Phi) is 7.40. The van der Waals surface area contributed by atoms with E-state index in [1.165, 1.54) is 26.2 Å². The lowest BCUT2D eigenvalue weighted by atomic mass is 10.1. The monoisotopic (exact) mass is 405 g/mol. The van der Waals surface area contributed by atoms with Crippen molar-refractivity contribution in [1.82, 2.24) is 0 Å². The topological polar surface area (TPSA) is 90.9 Å². The van der Waals surface area contributed by atoms with Crippen LogP contribution in [0.1, 0.15) is 22.8 Å². The molecule has 2 aromatic carbocycles. The molecule has 2 rings (SSSR count). The molecule has 0 aliphatic heterocycles. The minimum atomic E-state index is -0.726. The molecular formula is C20H20ClNO6. The molecule has 1 amide bonds. The number of Topliss-reactive ketones (excluding diaryl/α,β-unsaturated/α-hetero) is 1. The number of carbonyl (C=O) groups is 3. The Hall–Kier alpha value is -3.06. The number of carbonyl (C=O) groups excluding carboxylic acids is 3. The minimum Gasteiger partial charge on any atom is -0.493 e. The van der Waals surface area contributed by atoms with E-state index in [0.717, 1.165) is 0 Å². The number of hydrogen-bond acceptors (Lipinski definition) is 6. The van der Waals surface area contributed by atoms with Gasteiger partial charge < -0.3 is 19.5 Å². The Morgan fingerprint density at radius 1 is 1.07 bits per heavy atom. The number of ketones is 1. The van der Waals surface area contributed by atoms with Crippen LogP contribution in [0.3, 0.4) is 0 Å². The molecule has 1 N–H and O–H groups in total. The third-order valence-electron chi connectivity index (χ3n) is 3.82. The maximum atomic E-state index is 11.9. The molecule has 0 saturated heterocycles. The second-order valence-electron chi connectivity index (χ2n) is 5.83. The molecule has 7 nitrogen and oxygen atoms in total. The molecule has 0 heterocycles. The number of nitrogens with one attached hydrogen (secondary N) is 1. The summed E-state index contributed by atoms with van der Waals surface area (Å²) in [6.07, 6.45) is 0. The van der Waals surface area contributed by atoms with Crippen molar-refractivity contribution in [3.05, 3.63) is 52.5 Å². The van der Waals surface area contributed by atoms with Crippen molar-refractivity contribution in [3.8, 4) is 11.5 Å². The first-order valence-electron chi connectivity index (χ1n) is 8.34. The summed E-state index contributed by atoms with van der Waals surface area (Å²) in [4.78, 5) is 35.2. The van der Waals surface area contributed by atoms with Gasteiger partial charge in [0.25, 0.3) is 5.91 Å². The van der Waals surface area contributed by atoms with E-state index in [-0.39, 0.29) is 11.5 Å². The van der Waals surface area contributed by atoms with Gasteiger partial charge in [0, 0.05) is 16.3 Å². The smallest absolute Gasteiger partial charge is 0.344 e. The molecule has 148 valence electrons. The van der Waals surface area contributed by atoms with Crippen LogP contribution >= 0.6 is 11.6 Å². The standard InChI is InChI=1S/C20H20ClNO6/c1-12-15(21)5-4-6-16(12)22-19(24)10-28-20(25)11-27-17-8-7-14(13(2)23)9-18(17)26-3/h4-9H,10-11H2,1-3H3,(H,22,24). The fourth-order valence-corrected chi connectivity index (χ4v) is 2.43. The summed E-state index contributed by atoms with van der Waals surface area (Å²) < 4.78 is 15.4. The van der Waals surface area contributed by atoms with Gasteiger partial charge in [-0.05, 0) is 49.7 Å². The lowest BCUT2D eigenvalue weighted by Crippen LogP contribution is -2.24. The number of anilines is 1. The van der Waals surface area contributed by atoms with E-state index in [9.17, 15) is 14.4 Å². The molecule has 8 heteroatoms. The number of hydrogen-bond donors (Lipinski definition) is 1. The molecule has 0 aromatic heterocycles. The minimum absolute atomic E-state index is 0.120. The molecule has 0 spiro atoms. The zero-order chi connectivity index (χ0) is 20.7. The van der Waals surface area contributed by atoms with Crippen LogP contribution in [0.4, 0.5) is 5.69 Å². The number of amides is 1. The first-order valence-corrected chi connectivity index (χ1v) is 8.72. The summed E-state index contributed by atoms with van der Waals surface area (Å²) >= 11 is 5.99. The predicted molar refractivity (Wildman–Crippen MR) is 104 cm³/mol. The van der Waals surface area contributed by atoms with E-state index in [1.54, 1.807) is 31.2 Å². The number of methoxy groups -OCH3 is 1. The van der Waals surface area contributed by atoms with Crippen LogP contribution < -0.4 is 14.8 Å². The third-order valence-corrected chi connectivity index (χ3v) is 4.23. The largest absolute Gasteiger partial charge is 0.493 e. The zero-order valence-electron chi connectivity index (χ0n) is 15.7. The molecule has 0 radical (unpaired) electrons. The summed E-state index contributed by atoms with van der Waals surface area (Å²) in [6, 6.07) is 9.71. The SMILES string of the molecule is COc1cc(C(C)=O)ccc1OCC(=O)OCC(=O)Nc1cccc(Cl)c1C. The van der Waals surface area contributed by atoms with Gasteiger partial charge in [0.05, 0.1) is 7.11 Å². The van der Waals surface area contributed by atoms with Gasteiger partial charge in [0.2, 0.25) is 0 Å². The van der Waals surface area contributed by atoms with Crippen molar-refractivity contribution < 1.29 is 28.6 Å². The van der Waals surface area contributed by atoms with Crippen LogP contribution in [0.15, 0.2) is 36.4 Å². The highest BCUT2D eigenvalue weighted by molar-refractivity contribution is 6.31. The van der Waals surface area contributed by atoms with Gasteiger partial charge in [-0.2, -0.15) is 0 Å². The van der Waals surface area contributed by atoms with Crippen molar-refractivity contribution in [2.75, 3.05) is 25.6 Å². The fraction of sp³-hybridized carbons (Fsp3) is 0.250. The van der Waals surface area contributed by atoms with Crippen LogP contribution in [0.5, 0.6) is 11.5 Å². The van der Waals surface area contributed by atoms with Crippen LogP contribution in [0, 0.1) is 6.92 Å². The summed E-state index contributed by atoms with van der Waals surface area (Å²) in [5.41, 5.74) is 1.72. The van der Waals surface area contributed by atoms with E-state index in [4.69, 9.17) is 25.8 Å². The molecule has 2 aromatic rings. The van der Waals surface area contributed by atoms with Gasteiger partial charge in [0.15, 0.2) is 30.5 Å². The molecule has 0 atom stereocenters. The number of halogens is 1. The quantitative estimate of drug-likeness (QED) is 0.534. The molecule has 0 unspecified atom stereocenters. The summed E-state index contributed by atoms with van der Waals surface area (Å²) in [5, 5.41) is 3.14. The van der Waals surface area contributed by atoms with Crippen molar-refractivity contribution in [1.29, 1.82) is 0 Å². The Balaban J connectivity index is 1.85. The maximum Gasteiger partial charge on any atom is 0.344 e. The number of esters is 1. The zero-order valence-corrected chi connectivity index (χ0v) is 16.5. The van der Waals surface area contributed by atoms with Crippen molar-refractivity contribution in [3.63, 3.8) is 0 Å². The average molecular weight is 406 g/mol. The van der Waals surface area contributed by atoms with E-state index >= 15 is 0 Å². The van der Waals surface area contributed by atoms with Crippen molar-refractivity contribution >= 4 is 34.9 Å². The second-order valence-corrected chi connectivity index (χ2v) is 6.24. The predicted octanol–water partition coefficient (Wildman–Crippen LogP) is 3.42. The van der Waals surface area contributed by atoms with Gasteiger partial charge in [-0.15, -0.1) is 0 Å². The van der Waals surface area contributed by atoms with Crippen molar-refractivity contribution in [2.24, 2.45) is 0 Å². The summed E-state index contributed by atoms with van der Waals surface area (Å²) in [5.74, 6) is -0.749. The number of ether oxygens (including phenoxy) is 3. The summed E-state index contributed by atoms with van der Waals surface area (Å²) in [7, 11) is 1.42. The third kappa shape index (κ3) is 5.72. The normalized spacial score (nSPS) is 10.1. The van der Waals surface area contributed by atoms with Gasteiger partial charge in [-0.25, -0.2) is 4.79 Å². The fourth-order valence-electron chi connectivity index (χ4n) is 2.26. The van der Waals surface area contributed by atoms with Gasteiger partial charge in [-0.3, -0.25) is 9.59 Å². The maximum absolute atomic E-state index is 11.9. The van der Waals surface area contributed by atoms with E-state index in [2.05, 4.69) is 5.32 Å². The Labute approximate surface area is 167 Å². The first-order chi connectivity index (χ1) is 13.3. The molecule has 0 fully saturated rings. The van der Waals surface area contributed by atoms with Crippen LogP contribution in [-0.4, -0.2) is 38.0 Å². The van der Waals surface area contributed by atoms with Crippen molar-refractivity contribution in [2.45, 2.75) is 13.8 Å². The number of benzene rings is 2. The second kappa shape index (κ2) is 9.75. The molecule has 0 saturated carbocycles. The van der Waals surface area contributed by atoms with E-state index < -0.39 is 25.1 Å². The lowest BCUT2D eigenvalue weighted by Gasteiger charge is -2.12. The highest BCUT2D eigenvalue weighted by atomic mass is 35.5. The van der Waals surface area contributed by atoms with Crippen LogP contribution in [0.2, 0.25) is 5.02 Å². The Morgan fingerprint density at radius 2 is 1.82 bits per heavy atom. The molecule has 0 aliphatic rings. The summed E-state index contributed by atoms with van der Waals surface area (Å²) in [6.45, 7) is 2.32. The highest BCUT2D eigenvalue weighted by Crippen LogP contribution is 2.28. The number of rotatable bonds is 8. The van der Waals surface area contributed by atoms with E-state index in [0.29, 0.717) is 27.6 Å². The first kappa shape index (κ1) is 21.2. The average Bonchev–Trinajstić information content (AvgIpc) is 2.68. The van der Waals surface area contributed by atoms with Crippen LogP contribution in [-0.2, 0) is 14.3 Å². The van der Waals surface area contributed by atoms with Gasteiger partial charge >= 0.3 is 5.97 Å². The Bertz CT molecular complexity index is 896. The molecule has 0 bridgehead atoms. The van der Waals surface area contributed by atoms with Gasteiger partial charge in [0.1, 0.15) is 0 Å². The molecule has 28 heavy (non-hydrogen) atoms. The van der Waals surface area contributed by atoms with Gasteiger partial charge in [-0.1, -0.05) is 17.7 Å². The highest BCUT2D eigenvalue weighted by Gasteiger charge is 2.13. The Morgan fingerprint density at radius 3 is 2.50 bits per heavy atom.